The van der Waals surface area contributed by atoms with Gasteiger partial charge in [-0.15, -0.1) is 0 Å². The highest BCUT2D eigenvalue weighted by molar-refractivity contribution is 5.83. The summed E-state index contributed by atoms with van der Waals surface area (Å²) in [6.07, 6.45) is -4.39. The van der Waals surface area contributed by atoms with E-state index in [2.05, 4.69) is 0 Å². The van der Waals surface area contributed by atoms with Crippen LogP contribution in [0, 0.1) is 11.8 Å². The minimum Gasteiger partial charge on any atom is -0.299 e. The Kier molecular flexibility index (Phi) is 3.08. The Balaban J connectivity index is 4.26. The molecule has 1 atom stereocenters. The molecule has 0 heterocycles. The summed E-state index contributed by atoms with van der Waals surface area (Å²) >= 11 is 0. The fourth-order valence-corrected chi connectivity index (χ4v) is 0.661. The van der Waals surface area contributed by atoms with Crippen LogP contribution in [-0.2, 0) is 4.79 Å². The number of ketones is 1. The van der Waals surface area contributed by atoms with Crippen LogP contribution < -0.4 is 0 Å². The van der Waals surface area contributed by atoms with Crippen LogP contribution >= 0.6 is 0 Å². The normalized spacial score (nSPS) is 15.2. The van der Waals surface area contributed by atoms with Crippen LogP contribution in [0.4, 0.5) is 13.2 Å². The standard InChI is InChI=1S/C7H11F3O/c1-4(2)6(11)5(3)7(8,9)10/h4-5H,1-3H3. The van der Waals surface area contributed by atoms with Gasteiger partial charge in [0.15, 0.2) is 0 Å². The molecule has 0 aromatic rings. The SMILES string of the molecule is CC(C)C(=O)C(C)C(F)(F)F. The van der Waals surface area contributed by atoms with Gasteiger partial charge in [-0.25, -0.2) is 0 Å². The molecule has 0 rings (SSSR count). The van der Waals surface area contributed by atoms with Crippen molar-refractivity contribution in [2.45, 2.75) is 26.9 Å². The molecule has 1 nitrogen and oxygen atoms in total. The Morgan fingerprint density at radius 3 is 1.64 bits per heavy atom. The third kappa shape index (κ3) is 2.91. The second-order valence-electron chi connectivity index (χ2n) is 2.82. The fraction of sp³-hybridized carbons (Fsp3) is 0.857. The fourth-order valence-electron chi connectivity index (χ4n) is 0.661. The summed E-state index contributed by atoms with van der Waals surface area (Å²) in [5, 5.41) is 0. The monoisotopic (exact) mass is 168 g/mol. The van der Waals surface area contributed by atoms with E-state index in [1.54, 1.807) is 0 Å². The Morgan fingerprint density at radius 2 is 1.55 bits per heavy atom. The zero-order valence-corrected chi connectivity index (χ0v) is 6.70. The van der Waals surface area contributed by atoms with Gasteiger partial charge >= 0.3 is 6.18 Å². The van der Waals surface area contributed by atoms with E-state index in [9.17, 15) is 18.0 Å². The van der Waals surface area contributed by atoms with E-state index in [-0.39, 0.29) is 0 Å². The van der Waals surface area contributed by atoms with Gasteiger partial charge < -0.3 is 0 Å². The van der Waals surface area contributed by atoms with Gasteiger partial charge in [-0.05, 0) is 6.92 Å². The highest BCUT2D eigenvalue weighted by Crippen LogP contribution is 2.28. The van der Waals surface area contributed by atoms with Gasteiger partial charge in [-0.1, -0.05) is 13.8 Å². The van der Waals surface area contributed by atoms with Gasteiger partial charge in [0.25, 0.3) is 0 Å². The van der Waals surface area contributed by atoms with Crippen molar-refractivity contribution in [3.05, 3.63) is 0 Å². The van der Waals surface area contributed by atoms with Crippen LogP contribution in [0.2, 0.25) is 0 Å². The predicted octanol–water partition coefficient (Wildman–Crippen LogP) is 2.41. The van der Waals surface area contributed by atoms with E-state index in [0.29, 0.717) is 0 Å². The third-order valence-corrected chi connectivity index (χ3v) is 1.49. The molecule has 1 unspecified atom stereocenters. The Bertz CT molecular complexity index is 148. The van der Waals surface area contributed by atoms with Crippen molar-refractivity contribution in [2.24, 2.45) is 11.8 Å². The molecule has 0 aliphatic heterocycles. The Hall–Kier alpha value is -0.540. The van der Waals surface area contributed by atoms with E-state index in [1.165, 1.54) is 13.8 Å². The summed E-state index contributed by atoms with van der Waals surface area (Å²) in [5.41, 5.74) is 0. The summed E-state index contributed by atoms with van der Waals surface area (Å²) in [6.45, 7) is 3.82. The van der Waals surface area contributed by atoms with Crippen molar-refractivity contribution in [3.63, 3.8) is 0 Å². The summed E-state index contributed by atoms with van der Waals surface area (Å²) in [4.78, 5) is 10.8. The van der Waals surface area contributed by atoms with Gasteiger partial charge in [0.2, 0.25) is 0 Å². The zero-order valence-electron chi connectivity index (χ0n) is 6.70. The first-order valence-corrected chi connectivity index (χ1v) is 3.37. The maximum Gasteiger partial charge on any atom is 0.398 e. The first-order valence-electron chi connectivity index (χ1n) is 3.37. The summed E-state index contributed by atoms with van der Waals surface area (Å²) in [7, 11) is 0. The van der Waals surface area contributed by atoms with E-state index >= 15 is 0 Å². The lowest BCUT2D eigenvalue weighted by atomic mass is 9.97. The molecule has 0 aromatic carbocycles. The smallest absolute Gasteiger partial charge is 0.299 e. The van der Waals surface area contributed by atoms with Crippen molar-refractivity contribution < 1.29 is 18.0 Å². The maximum absolute atomic E-state index is 11.8. The molecule has 0 spiro atoms. The topological polar surface area (TPSA) is 17.1 Å². The molecule has 0 saturated carbocycles. The number of hydrogen-bond acceptors (Lipinski definition) is 1. The molecule has 11 heavy (non-hydrogen) atoms. The second-order valence-corrected chi connectivity index (χ2v) is 2.82. The van der Waals surface area contributed by atoms with Crippen LogP contribution in [0.1, 0.15) is 20.8 Å². The quantitative estimate of drug-likeness (QED) is 0.618. The first-order chi connectivity index (χ1) is 4.76. The highest BCUT2D eigenvalue weighted by atomic mass is 19.4. The number of alkyl halides is 3. The van der Waals surface area contributed by atoms with Crippen LogP contribution in [0.15, 0.2) is 0 Å². The lowest BCUT2D eigenvalue weighted by Crippen LogP contribution is -2.30. The van der Waals surface area contributed by atoms with Crippen molar-refractivity contribution in [1.82, 2.24) is 0 Å². The van der Waals surface area contributed by atoms with Gasteiger partial charge in [-0.2, -0.15) is 13.2 Å². The molecule has 0 aliphatic rings. The second kappa shape index (κ2) is 3.24. The number of Topliss-reactive ketones (excluding diaryl/α,β-unsaturated/α-hetero) is 1. The van der Waals surface area contributed by atoms with E-state index in [1.807, 2.05) is 0 Å². The van der Waals surface area contributed by atoms with Gasteiger partial charge in [0, 0.05) is 5.92 Å². The third-order valence-electron chi connectivity index (χ3n) is 1.49. The van der Waals surface area contributed by atoms with Crippen molar-refractivity contribution >= 4 is 5.78 Å². The van der Waals surface area contributed by atoms with E-state index in [0.717, 1.165) is 6.92 Å². The van der Waals surface area contributed by atoms with Gasteiger partial charge in [0.05, 0.1) is 0 Å². The Morgan fingerprint density at radius 1 is 1.18 bits per heavy atom. The molecule has 0 radical (unpaired) electrons. The lowest BCUT2D eigenvalue weighted by molar-refractivity contribution is -0.179. The Labute approximate surface area is 63.6 Å². The average Bonchev–Trinajstić information content (AvgIpc) is 1.82. The van der Waals surface area contributed by atoms with Crippen LogP contribution in [0.3, 0.4) is 0 Å². The molecule has 0 fully saturated rings. The largest absolute Gasteiger partial charge is 0.398 e. The molecule has 0 bridgehead atoms. The maximum atomic E-state index is 11.8. The van der Waals surface area contributed by atoms with Gasteiger partial charge in [0.1, 0.15) is 11.7 Å². The molecular weight excluding hydrogens is 157 g/mol. The van der Waals surface area contributed by atoms with E-state index in [4.69, 9.17) is 0 Å². The van der Waals surface area contributed by atoms with E-state index < -0.39 is 23.8 Å². The highest BCUT2D eigenvalue weighted by Gasteiger charge is 2.41. The lowest BCUT2D eigenvalue weighted by Gasteiger charge is -2.15. The number of rotatable bonds is 2. The summed E-state index contributed by atoms with van der Waals surface area (Å²) in [6, 6.07) is 0. The zero-order chi connectivity index (χ0) is 9.23. The molecule has 0 aliphatic carbocycles. The number of carbonyl (C=O) groups excluding carboxylic acids is 1. The molecular formula is C7H11F3O. The van der Waals surface area contributed by atoms with Crippen molar-refractivity contribution in [3.8, 4) is 0 Å². The number of carbonyl (C=O) groups is 1. The predicted molar refractivity (Wildman–Crippen MR) is 35.1 cm³/mol. The van der Waals surface area contributed by atoms with Crippen molar-refractivity contribution in [1.29, 1.82) is 0 Å². The molecule has 0 aromatic heterocycles. The molecule has 0 N–H and O–H groups in total. The molecule has 0 saturated heterocycles. The molecule has 4 heteroatoms. The summed E-state index contributed by atoms with van der Waals surface area (Å²) in [5.74, 6) is -3.13. The van der Waals surface area contributed by atoms with Crippen LogP contribution in [0.5, 0.6) is 0 Å². The van der Waals surface area contributed by atoms with Crippen LogP contribution in [-0.4, -0.2) is 12.0 Å². The van der Waals surface area contributed by atoms with Crippen molar-refractivity contribution in [2.75, 3.05) is 0 Å². The number of halogens is 3. The first kappa shape index (κ1) is 10.5. The van der Waals surface area contributed by atoms with Gasteiger partial charge in [-0.3, -0.25) is 4.79 Å². The molecule has 66 valence electrons. The van der Waals surface area contributed by atoms with Crippen LogP contribution in [0.25, 0.3) is 0 Å². The minimum absolute atomic E-state index is 0.549. The summed E-state index contributed by atoms with van der Waals surface area (Å²) < 4.78 is 35.5. The average molecular weight is 168 g/mol. The molecule has 0 amide bonds. The number of hydrogen-bond donors (Lipinski definition) is 0. The minimum atomic E-state index is -4.39.